The fraction of sp³-hybridized carbons (Fsp3) is 0.278. The number of hydrogen-bond acceptors (Lipinski definition) is 5. The number of nitrogens with one attached hydrogen (secondary N) is 2. The van der Waals surface area contributed by atoms with Crippen LogP contribution in [-0.2, 0) is 9.47 Å². The molecule has 0 amide bonds. The number of nitrogens with zero attached hydrogens (tertiary/aromatic N) is 2. The van der Waals surface area contributed by atoms with Crippen molar-refractivity contribution in [2.24, 2.45) is 5.22 Å². The van der Waals surface area contributed by atoms with Crippen LogP contribution < -0.4 is 10.3 Å². The van der Waals surface area contributed by atoms with Gasteiger partial charge in [-0.1, -0.05) is 36.4 Å². The summed E-state index contributed by atoms with van der Waals surface area (Å²) in [4.78, 5) is 15.5. The lowest BCUT2D eigenvalue weighted by Crippen LogP contribution is -2.17. The molecule has 25 heavy (non-hydrogen) atoms. The first-order valence-electron chi connectivity index (χ1n) is 8.03. The van der Waals surface area contributed by atoms with E-state index >= 15 is 0 Å². The van der Waals surface area contributed by atoms with E-state index in [9.17, 15) is 4.79 Å². The van der Waals surface area contributed by atoms with Crippen LogP contribution in [0.15, 0.2) is 47.2 Å². The molecule has 2 aromatic rings. The predicted octanol–water partition coefficient (Wildman–Crippen LogP) is 2.51. The summed E-state index contributed by atoms with van der Waals surface area (Å²) in [5, 5.41) is 5.38. The largest absolute Gasteiger partial charge is 0.375 e. The highest BCUT2D eigenvalue weighted by molar-refractivity contribution is 6.22. The third kappa shape index (κ3) is 3.97. The lowest BCUT2D eigenvalue weighted by atomic mass is 9.88. The fourth-order valence-corrected chi connectivity index (χ4v) is 2.82. The van der Waals surface area contributed by atoms with Gasteiger partial charge in [0.1, 0.15) is 6.54 Å². The smallest absolute Gasteiger partial charge is 0.215 e. The standard InChI is InChI=1S/C18H18N4O3/c19-21-22-20-7-8-24-9-10-25-12-15-11-14-5-1-3-13-4-2-6-16(17(13)14)18(15)23/h1-6,11,19H,7-10,12H2/p+1. The van der Waals surface area contributed by atoms with Gasteiger partial charge in [0.25, 0.3) is 0 Å². The van der Waals surface area contributed by atoms with Crippen LogP contribution in [0.5, 0.6) is 0 Å². The third-order valence-corrected chi connectivity index (χ3v) is 3.91. The molecule has 7 nitrogen and oxygen atoms in total. The molecule has 0 saturated heterocycles. The lowest BCUT2D eigenvalue weighted by molar-refractivity contribution is 0.0561. The van der Waals surface area contributed by atoms with Gasteiger partial charge in [0.2, 0.25) is 5.22 Å². The average Bonchev–Trinajstić information content (AvgIpc) is 2.64. The first-order valence-corrected chi connectivity index (χ1v) is 8.03. The summed E-state index contributed by atoms with van der Waals surface area (Å²) in [7, 11) is 0. The Labute approximate surface area is 144 Å². The highest BCUT2D eigenvalue weighted by atomic mass is 16.5. The molecular formula is C18H19N4O3+. The van der Waals surface area contributed by atoms with E-state index in [4.69, 9.17) is 15.0 Å². The maximum absolute atomic E-state index is 12.6. The molecule has 0 aromatic heterocycles. The first-order chi connectivity index (χ1) is 12.3. The third-order valence-electron chi connectivity index (χ3n) is 3.91. The summed E-state index contributed by atoms with van der Waals surface area (Å²) in [6, 6.07) is 11.8. The van der Waals surface area contributed by atoms with Crippen molar-refractivity contribution in [3.63, 3.8) is 0 Å². The van der Waals surface area contributed by atoms with Gasteiger partial charge in [-0.2, -0.15) is 5.43 Å². The van der Waals surface area contributed by atoms with E-state index in [1.165, 1.54) is 0 Å². The molecule has 0 bridgehead atoms. The molecule has 0 saturated carbocycles. The van der Waals surface area contributed by atoms with Gasteiger partial charge in [0.05, 0.1) is 31.3 Å². The Morgan fingerprint density at radius 2 is 1.88 bits per heavy atom. The molecule has 0 fully saturated rings. The molecule has 0 heterocycles. The van der Waals surface area contributed by atoms with Gasteiger partial charge in [0, 0.05) is 16.5 Å². The number of ether oxygens (including phenoxy) is 2. The Hall–Kier alpha value is -2.86. The van der Waals surface area contributed by atoms with Crippen LogP contribution in [0.1, 0.15) is 15.9 Å². The quantitative estimate of drug-likeness (QED) is 0.317. The van der Waals surface area contributed by atoms with E-state index in [1.807, 2.05) is 42.5 Å². The summed E-state index contributed by atoms with van der Waals surface area (Å²) >= 11 is 0. The number of carbonyl (C=O) groups is 1. The number of Topliss-reactive ketones (excluding diaryl/α,β-unsaturated/α-hetero) is 1. The van der Waals surface area contributed by atoms with Crippen molar-refractivity contribution in [2.75, 3.05) is 33.0 Å². The van der Waals surface area contributed by atoms with Crippen molar-refractivity contribution in [3.8, 4) is 0 Å². The van der Waals surface area contributed by atoms with Crippen LogP contribution in [0.4, 0.5) is 0 Å². The van der Waals surface area contributed by atoms with E-state index in [2.05, 4.69) is 15.6 Å². The van der Waals surface area contributed by atoms with Crippen LogP contribution in [-0.4, -0.2) is 38.8 Å². The van der Waals surface area contributed by atoms with Gasteiger partial charge in [-0.05, 0) is 22.6 Å². The summed E-state index contributed by atoms with van der Waals surface area (Å²) in [6.45, 7) is 2.01. The molecule has 0 aliphatic heterocycles. The Balaban J connectivity index is 1.52. The van der Waals surface area contributed by atoms with Crippen LogP contribution in [0.25, 0.3) is 16.8 Å². The molecule has 0 atom stereocenters. The van der Waals surface area contributed by atoms with Gasteiger partial charge in [-0.15, -0.1) is 0 Å². The topological polar surface area (TPSA) is 97.9 Å². The Bertz CT molecular complexity index is 851. The number of ketones is 1. The van der Waals surface area contributed by atoms with Gasteiger partial charge in [0.15, 0.2) is 5.78 Å². The van der Waals surface area contributed by atoms with Crippen molar-refractivity contribution in [1.82, 2.24) is 10.3 Å². The SMILES string of the molecule is N=[N+]=NNCCOCCOCC1=Cc2cccc3cccc(c23)C1=O. The van der Waals surface area contributed by atoms with Crippen molar-refractivity contribution in [1.29, 1.82) is 5.53 Å². The van der Waals surface area contributed by atoms with Crippen LogP contribution >= 0.6 is 0 Å². The Morgan fingerprint density at radius 1 is 1.08 bits per heavy atom. The molecule has 0 spiro atoms. The van der Waals surface area contributed by atoms with E-state index in [-0.39, 0.29) is 12.4 Å². The second kappa shape index (κ2) is 8.30. The molecule has 2 N–H and O–H groups in total. The van der Waals surface area contributed by atoms with Gasteiger partial charge >= 0.3 is 0 Å². The maximum Gasteiger partial charge on any atom is 0.215 e. The highest BCUT2D eigenvalue weighted by Gasteiger charge is 2.21. The molecule has 1 aliphatic carbocycles. The zero-order valence-electron chi connectivity index (χ0n) is 13.7. The monoisotopic (exact) mass is 339 g/mol. The molecule has 0 unspecified atom stereocenters. The molecule has 1 aliphatic rings. The van der Waals surface area contributed by atoms with E-state index in [0.717, 1.165) is 21.9 Å². The van der Waals surface area contributed by atoms with Crippen LogP contribution in [0, 0.1) is 5.53 Å². The van der Waals surface area contributed by atoms with Crippen molar-refractivity contribution in [3.05, 3.63) is 53.1 Å². The minimum atomic E-state index is 0.0233. The Morgan fingerprint density at radius 3 is 2.72 bits per heavy atom. The zero-order chi connectivity index (χ0) is 17.5. The van der Waals surface area contributed by atoms with Crippen molar-refractivity contribution >= 4 is 22.6 Å². The van der Waals surface area contributed by atoms with Gasteiger partial charge in [-0.25, -0.2) is 0 Å². The molecule has 7 heteroatoms. The Kier molecular flexibility index (Phi) is 5.64. The molecule has 2 aromatic carbocycles. The van der Waals surface area contributed by atoms with Crippen molar-refractivity contribution in [2.45, 2.75) is 0 Å². The summed E-state index contributed by atoms with van der Waals surface area (Å²) in [6.07, 6.45) is 1.91. The highest BCUT2D eigenvalue weighted by Crippen LogP contribution is 2.31. The van der Waals surface area contributed by atoms with Crippen LogP contribution in [0.2, 0.25) is 0 Å². The van der Waals surface area contributed by atoms with E-state index in [0.29, 0.717) is 31.9 Å². The molecule has 0 radical (unpaired) electrons. The van der Waals surface area contributed by atoms with Gasteiger partial charge < -0.3 is 9.47 Å². The molecule has 128 valence electrons. The number of carbonyl (C=O) groups excluding carboxylic acids is 1. The minimum absolute atomic E-state index is 0.0233. The number of benzene rings is 2. The summed E-state index contributed by atoms with van der Waals surface area (Å²) in [5.74, 6) is 0.0233. The number of rotatable bonds is 9. The maximum atomic E-state index is 12.6. The predicted molar refractivity (Wildman–Crippen MR) is 93.2 cm³/mol. The second-order valence-electron chi connectivity index (χ2n) is 5.52. The minimum Gasteiger partial charge on any atom is -0.375 e. The lowest BCUT2D eigenvalue weighted by Gasteiger charge is -2.17. The van der Waals surface area contributed by atoms with Crippen LogP contribution in [0.3, 0.4) is 0 Å². The average molecular weight is 339 g/mol. The fourth-order valence-electron chi connectivity index (χ4n) is 2.82. The molecule has 3 rings (SSSR count). The molecular weight excluding hydrogens is 320 g/mol. The van der Waals surface area contributed by atoms with E-state index in [1.54, 1.807) is 0 Å². The van der Waals surface area contributed by atoms with Crippen molar-refractivity contribution < 1.29 is 14.3 Å². The zero-order valence-corrected chi connectivity index (χ0v) is 13.7. The van der Waals surface area contributed by atoms with Gasteiger partial charge in [-0.3, -0.25) is 4.79 Å². The second-order valence-corrected chi connectivity index (χ2v) is 5.52. The van der Waals surface area contributed by atoms with E-state index < -0.39 is 0 Å². The number of hydrogen-bond donors (Lipinski definition) is 2. The normalized spacial score (nSPS) is 12.6. The summed E-state index contributed by atoms with van der Waals surface area (Å²) in [5.41, 5.74) is 11.5. The summed E-state index contributed by atoms with van der Waals surface area (Å²) < 4.78 is 10.9. The first kappa shape index (κ1) is 17.0.